The highest BCUT2D eigenvalue weighted by molar-refractivity contribution is 9.10. The van der Waals surface area contributed by atoms with Gasteiger partial charge in [0.1, 0.15) is 0 Å². The first-order valence-corrected chi connectivity index (χ1v) is 8.19. The maximum atomic E-state index is 5.99. The molecule has 19 heavy (non-hydrogen) atoms. The van der Waals surface area contributed by atoms with Gasteiger partial charge in [0.05, 0.1) is 6.04 Å². The van der Waals surface area contributed by atoms with Crippen molar-refractivity contribution in [1.82, 2.24) is 10.1 Å². The van der Waals surface area contributed by atoms with Gasteiger partial charge in [-0.2, -0.15) is 16.7 Å². The SMILES string of the molecule is CSCCC(N)c1nc(Cc2ccc(Br)cc2)no1. The zero-order valence-corrected chi connectivity index (χ0v) is 13.1. The summed E-state index contributed by atoms with van der Waals surface area (Å²) in [7, 11) is 0. The Labute approximate surface area is 125 Å². The summed E-state index contributed by atoms with van der Waals surface area (Å²) in [5.74, 6) is 2.20. The second-order valence-electron chi connectivity index (χ2n) is 4.24. The number of hydrogen-bond acceptors (Lipinski definition) is 5. The first kappa shape index (κ1) is 14.6. The number of nitrogens with zero attached hydrogens (tertiary/aromatic N) is 2. The van der Waals surface area contributed by atoms with E-state index in [4.69, 9.17) is 10.3 Å². The second kappa shape index (κ2) is 7.07. The van der Waals surface area contributed by atoms with Crippen molar-refractivity contribution in [2.24, 2.45) is 5.73 Å². The highest BCUT2D eigenvalue weighted by Gasteiger charge is 2.14. The Morgan fingerprint density at radius 3 is 2.79 bits per heavy atom. The number of benzene rings is 1. The summed E-state index contributed by atoms with van der Waals surface area (Å²) in [6.45, 7) is 0. The molecule has 1 atom stereocenters. The topological polar surface area (TPSA) is 64.9 Å². The van der Waals surface area contributed by atoms with Gasteiger partial charge in [-0.15, -0.1) is 0 Å². The maximum absolute atomic E-state index is 5.99. The van der Waals surface area contributed by atoms with Gasteiger partial charge in [0, 0.05) is 10.9 Å². The highest BCUT2D eigenvalue weighted by atomic mass is 79.9. The van der Waals surface area contributed by atoms with Crippen molar-refractivity contribution < 1.29 is 4.52 Å². The molecule has 0 spiro atoms. The van der Waals surface area contributed by atoms with Crippen molar-refractivity contribution in [2.75, 3.05) is 12.0 Å². The standard InChI is InChI=1S/C13H16BrN3OS/c1-19-7-6-11(15)13-16-12(17-18-13)8-9-2-4-10(14)5-3-9/h2-5,11H,6-8,15H2,1H3. The molecule has 6 heteroatoms. The van der Waals surface area contributed by atoms with Crippen LogP contribution in [0.2, 0.25) is 0 Å². The molecular formula is C13H16BrN3OS. The average Bonchev–Trinajstić information content (AvgIpc) is 2.87. The molecule has 1 unspecified atom stereocenters. The van der Waals surface area contributed by atoms with Crippen LogP contribution in [-0.4, -0.2) is 22.1 Å². The van der Waals surface area contributed by atoms with E-state index < -0.39 is 0 Å². The van der Waals surface area contributed by atoms with E-state index >= 15 is 0 Å². The smallest absolute Gasteiger partial charge is 0.243 e. The Bertz CT molecular complexity index is 515. The first-order chi connectivity index (χ1) is 9.19. The van der Waals surface area contributed by atoms with Gasteiger partial charge in [0.25, 0.3) is 0 Å². The van der Waals surface area contributed by atoms with Crippen molar-refractivity contribution in [3.8, 4) is 0 Å². The fourth-order valence-corrected chi connectivity index (χ4v) is 2.40. The lowest BCUT2D eigenvalue weighted by molar-refractivity contribution is 0.349. The summed E-state index contributed by atoms with van der Waals surface area (Å²) >= 11 is 5.17. The molecule has 2 aromatic rings. The third-order valence-electron chi connectivity index (χ3n) is 2.71. The van der Waals surface area contributed by atoms with E-state index in [1.807, 2.05) is 24.3 Å². The molecule has 0 saturated carbocycles. The fourth-order valence-electron chi connectivity index (χ4n) is 1.64. The van der Waals surface area contributed by atoms with Gasteiger partial charge >= 0.3 is 0 Å². The molecule has 1 aromatic carbocycles. The van der Waals surface area contributed by atoms with E-state index in [9.17, 15) is 0 Å². The summed E-state index contributed by atoms with van der Waals surface area (Å²) < 4.78 is 6.27. The Hall–Kier alpha value is -0.850. The van der Waals surface area contributed by atoms with Crippen LogP contribution in [0.3, 0.4) is 0 Å². The van der Waals surface area contributed by atoms with Crippen LogP contribution in [0.15, 0.2) is 33.3 Å². The van der Waals surface area contributed by atoms with Crippen molar-refractivity contribution in [3.05, 3.63) is 46.0 Å². The van der Waals surface area contributed by atoms with Gasteiger partial charge in [-0.1, -0.05) is 33.2 Å². The molecule has 0 fully saturated rings. The monoisotopic (exact) mass is 341 g/mol. The summed E-state index contributed by atoms with van der Waals surface area (Å²) in [5, 5.41) is 3.98. The van der Waals surface area contributed by atoms with Gasteiger partial charge in [-0.25, -0.2) is 0 Å². The van der Waals surface area contributed by atoms with Gasteiger partial charge in [0.15, 0.2) is 5.82 Å². The third-order valence-corrected chi connectivity index (χ3v) is 3.88. The lowest BCUT2D eigenvalue weighted by Gasteiger charge is -2.03. The van der Waals surface area contributed by atoms with Crippen LogP contribution in [0.1, 0.15) is 29.7 Å². The molecule has 0 aliphatic heterocycles. The third kappa shape index (κ3) is 4.33. The molecule has 1 heterocycles. The highest BCUT2D eigenvalue weighted by Crippen LogP contribution is 2.16. The number of rotatable bonds is 6. The van der Waals surface area contributed by atoms with Crippen LogP contribution >= 0.6 is 27.7 Å². The zero-order valence-electron chi connectivity index (χ0n) is 10.7. The predicted molar refractivity (Wildman–Crippen MR) is 81.2 cm³/mol. The van der Waals surface area contributed by atoms with Crippen molar-refractivity contribution in [3.63, 3.8) is 0 Å². The lowest BCUT2D eigenvalue weighted by Crippen LogP contribution is -2.11. The summed E-state index contributed by atoms with van der Waals surface area (Å²) in [6.07, 6.45) is 3.56. The van der Waals surface area contributed by atoms with Crippen LogP contribution in [0.4, 0.5) is 0 Å². The zero-order chi connectivity index (χ0) is 13.7. The molecule has 0 amide bonds. The summed E-state index contributed by atoms with van der Waals surface area (Å²) in [5.41, 5.74) is 7.14. The quantitative estimate of drug-likeness (QED) is 0.873. The van der Waals surface area contributed by atoms with E-state index in [0.717, 1.165) is 22.2 Å². The molecule has 0 radical (unpaired) electrons. The number of halogens is 1. The van der Waals surface area contributed by atoms with Crippen LogP contribution in [0.25, 0.3) is 0 Å². The van der Waals surface area contributed by atoms with Gasteiger partial charge in [-0.3, -0.25) is 0 Å². The fraction of sp³-hybridized carbons (Fsp3) is 0.385. The molecule has 2 rings (SSSR count). The van der Waals surface area contributed by atoms with Crippen LogP contribution in [0.5, 0.6) is 0 Å². The van der Waals surface area contributed by atoms with Crippen LogP contribution in [0, 0.1) is 0 Å². The minimum atomic E-state index is -0.168. The molecule has 0 aliphatic rings. The predicted octanol–water partition coefficient (Wildman–Crippen LogP) is 3.18. The number of aromatic nitrogens is 2. The molecule has 2 N–H and O–H groups in total. The maximum Gasteiger partial charge on any atom is 0.243 e. The Kier molecular flexibility index (Phi) is 5.42. The van der Waals surface area contributed by atoms with Crippen molar-refractivity contribution >= 4 is 27.7 Å². The van der Waals surface area contributed by atoms with Gasteiger partial charge in [-0.05, 0) is 36.1 Å². The van der Waals surface area contributed by atoms with Crippen molar-refractivity contribution in [1.29, 1.82) is 0 Å². The van der Waals surface area contributed by atoms with E-state index in [1.54, 1.807) is 11.8 Å². The van der Waals surface area contributed by atoms with E-state index in [1.165, 1.54) is 0 Å². The molecule has 1 aromatic heterocycles. The molecule has 0 bridgehead atoms. The lowest BCUT2D eigenvalue weighted by atomic mass is 10.1. The molecule has 102 valence electrons. The largest absolute Gasteiger partial charge is 0.338 e. The Morgan fingerprint density at radius 1 is 1.37 bits per heavy atom. The van der Waals surface area contributed by atoms with E-state index in [2.05, 4.69) is 32.3 Å². The molecular weight excluding hydrogens is 326 g/mol. The van der Waals surface area contributed by atoms with E-state index in [0.29, 0.717) is 18.1 Å². The molecule has 4 nitrogen and oxygen atoms in total. The molecule has 0 saturated heterocycles. The number of thioether (sulfide) groups is 1. The normalized spacial score (nSPS) is 12.6. The minimum absolute atomic E-state index is 0.168. The number of hydrogen-bond donors (Lipinski definition) is 1. The molecule has 0 aliphatic carbocycles. The van der Waals surface area contributed by atoms with Gasteiger partial charge < -0.3 is 10.3 Å². The van der Waals surface area contributed by atoms with Gasteiger partial charge in [0.2, 0.25) is 5.89 Å². The average molecular weight is 342 g/mol. The Balaban J connectivity index is 1.98. The van der Waals surface area contributed by atoms with Crippen LogP contribution < -0.4 is 5.73 Å². The Morgan fingerprint density at radius 2 is 2.11 bits per heavy atom. The summed E-state index contributed by atoms with van der Waals surface area (Å²) in [4.78, 5) is 4.36. The first-order valence-electron chi connectivity index (χ1n) is 6.00. The number of nitrogens with two attached hydrogens (primary N) is 1. The van der Waals surface area contributed by atoms with E-state index in [-0.39, 0.29) is 6.04 Å². The van der Waals surface area contributed by atoms with Crippen LogP contribution in [-0.2, 0) is 6.42 Å². The summed E-state index contributed by atoms with van der Waals surface area (Å²) in [6, 6.07) is 7.90. The van der Waals surface area contributed by atoms with Crippen molar-refractivity contribution in [2.45, 2.75) is 18.9 Å². The minimum Gasteiger partial charge on any atom is -0.338 e. The second-order valence-corrected chi connectivity index (χ2v) is 6.14.